The van der Waals surface area contributed by atoms with Gasteiger partial charge in [-0.25, -0.2) is 4.79 Å². The molecule has 15 nitrogen and oxygen atoms in total. The largest absolute Gasteiger partial charge is 0.481 e. The number of guanidine groups is 1. The highest BCUT2D eigenvalue weighted by molar-refractivity contribution is 5.94. The minimum atomic E-state index is -1.23. The first kappa shape index (κ1) is 33.5. The minimum absolute atomic E-state index is 0.0837. The number of carboxylic acids is 2. The summed E-state index contributed by atoms with van der Waals surface area (Å²) in [4.78, 5) is 64.7. The Kier molecular flexibility index (Phi) is 16.2. The molecule has 0 aromatic heterocycles. The second kappa shape index (κ2) is 17.9. The highest BCUT2D eigenvalue weighted by Crippen LogP contribution is 2.08. The van der Waals surface area contributed by atoms with Gasteiger partial charge in [-0.1, -0.05) is 13.8 Å². The monoisotopic (exact) mass is 530 g/mol. The van der Waals surface area contributed by atoms with Crippen LogP contribution in [0.5, 0.6) is 0 Å². The number of unbranched alkanes of at least 4 members (excludes halogenated alkanes) is 1. The number of carboxylic acid groups (broad SMARTS) is 2. The Morgan fingerprint density at radius 1 is 0.811 bits per heavy atom. The SMILES string of the molecule is CC(C)C(NC(=O)C(CCCN=C(N)N)NC(=O)C(CCCCN)NC(=O)C(N)CCC(=O)O)C(=O)O. The van der Waals surface area contributed by atoms with Crippen molar-refractivity contribution in [3.05, 3.63) is 0 Å². The van der Waals surface area contributed by atoms with Crippen LogP contribution < -0.4 is 38.9 Å². The van der Waals surface area contributed by atoms with Crippen LogP contribution in [0, 0.1) is 5.92 Å². The Bertz CT molecular complexity index is 802. The molecule has 0 aliphatic rings. The van der Waals surface area contributed by atoms with Gasteiger partial charge in [0.2, 0.25) is 17.7 Å². The molecule has 0 spiro atoms. The number of nitrogens with one attached hydrogen (secondary N) is 3. The van der Waals surface area contributed by atoms with Crippen LogP contribution in [0.15, 0.2) is 4.99 Å². The second-order valence-electron chi connectivity index (χ2n) is 8.96. The summed E-state index contributed by atoms with van der Waals surface area (Å²) in [6.45, 7) is 3.79. The van der Waals surface area contributed by atoms with Crippen LogP contribution in [-0.4, -0.2) is 83.1 Å². The minimum Gasteiger partial charge on any atom is -0.481 e. The molecule has 0 fully saturated rings. The van der Waals surface area contributed by atoms with Gasteiger partial charge in [-0.2, -0.15) is 0 Å². The molecular weight excluding hydrogens is 488 g/mol. The molecule has 37 heavy (non-hydrogen) atoms. The fourth-order valence-electron chi connectivity index (χ4n) is 3.26. The van der Waals surface area contributed by atoms with Gasteiger partial charge in [-0.05, 0) is 51.0 Å². The third-order valence-corrected chi connectivity index (χ3v) is 5.39. The zero-order chi connectivity index (χ0) is 28.5. The number of nitrogens with two attached hydrogens (primary N) is 4. The zero-order valence-electron chi connectivity index (χ0n) is 21.4. The summed E-state index contributed by atoms with van der Waals surface area (Å²) in [5.41, 5.74) is 21.9. The van der Waals surface area contributed by atoms with Gasteiger partial charge in [0.25, 0.3) is 0 Å². The molecule has 4 unspecified atom stereocenters. The zero-order valence-corrected chi connectivity index (χ0v) is 21.4. The summed E-state index contributed by atoms with van der Waals surface area (Å²) in [6.07, 6.45) is 1.17. The molecule has 0 heterocycles. The molecule has 0 rings (SSSR count). The van der Waals surface area contributed by atoms with Crippen molar-refractivity contribution in [2.24, 2.45) is 33.8 Å². The summed E-state index contributed by atoms with van der Waals surface area (Å²) >= 11 is 0. The van der Waals surface area contributed by atoms with Gasteiger partial charge in [0.05, 0.1) is 6.04 Å². The molecule has 0 aromatic carbocycles. The number of carbonyl (C=O) groups excluding carboxylic acids is 3. The van der Waals surface area contributed by atoms with Crippen LogP contribution in [-0.2, 0) is 24.0 Å². The van der Waals surface area contributed by atoms with Crippen molar-refractivity contribution in [2.45, 2.75) is 83.0 Å². The average Bonchev–Trinajstić information content (AvgIpc) is 2.81. The van der Waals surface area contributed by atoms with Crippen molar-refractivity contribution in [1.82, 2.24) is 16.0 Å². The third-order valence-electron chi connectivity index (χ3n) is 5.39. The first-order chi connectivity index (χ1) is 17.3. The van der Waals surface area contributed by atoms with Gasteiger partial charge in [-0.15, -0.1) is 0 Å². The van der Waals surface area contributed by atoms with Crippen molar-refractivity contribution in [2.75, 3.05) is 13.1 Å². The number of aliphatic imine (C=N–C) groups is 1. The lowest BCUT2D eigenvalue weighted by Gasteiger charge is -2.26. The fraction of sp³-hybridized carbons (Fsp3) is 0.727. The van der Waals surface area contributed by atoms with Gasteiger partial charge in [-0.3, -0.25) is 24.2 Å². The highest BCUT2D eigenvalue weighted by atomic mass is 16.4. The van der Waals surface area contributed by atoms with E-state index in [1.54, 1.807) is 13.8 Å². The Hall–Kier alpha value is -3.46. The summed E-state index contributed by atoms with van der Waals surface area (Å²) in [7, 11) is 0. The molecule has 15 heteroatoms. The number of hydrogen-bond donors (Lipinski definition) is 9. The van der Waals surface area contributed by atoms with E-state index >= 15 is 0 Å². The van der Waals surface area contributed by atoms with Gasteiger partial charge in [0.1, 0.15) is 18.1 Å². The molecule has 0 radical (unpaired) electrons. The lowest BCUT2D eigenvalue weighted by Crippen LogP contribution is -2.57. The molecule has 0 saturated heterocycles. The van der Waals surface area contributed by atoms with Crippen molar-refractivity contribution in [3.63, 3.8) is 0 Å². The Morgan fingerprint density at radius 3 is 1.84 bits per heavy atom. The Balaban J connectivity index is 5.62. The molecule has 0 bridgehead atoms. The van der Waals surface area contributed by atoms with Gasteiger partial charge >= 0.3 is 11.9 Å². The highest BCUT2D eigenvalue weighted by Gasteiger charge is 2.31. The summed E-state index contributed by atoms with van der Waals surface area (Å²) in [5.74, 6) is -5.02. The molecule has 3 amide bonds. The Labute approximate surface area is 216 Å². The first-order valence-electron chi connectivity index (χ1n) is 12.2. The topological polar surface area (TPSA) is 278 Å². The van der Waals surface area contributed by atoms with Gasteiger partial charge in [0, 0.05) is 13.0 Å². The summed E-state index contributed by atoms with van der Waals surface area (Å²) in [6, 6.07) is -4.56. The molecule has 212 valence electrons. The Morgan fingerprint density at radius 2 is 1.35 bits per heavy atom. The van der Waals surface area contributed by atoms with Crippen LogP contribution in [0.4, 0.5) is 0 Å². The van der Waals surface area contributed by atoms with Crippen molar-refractivity contribution < 1.29 is 34.2 Å². The van der Waals surface area contributed by atoms with Crippen LogP contribution in [0.25, 0.3) is 0 Å². The van der Waals surface area contributed by atoms with E-state index in [-0.39, 0.29) is 38.2 Å². The average molecular weight is 531 g/mol. The van der Waals surface area contributed by atoms with E-state index < -0.39 is 59.7 Å². The van der Waals surface area contributed by atoms with E-state index in [1.165, 1.54) is 0 Å². The van der Waals surface area contributed by atoms with E-state index in [0.717, 1.165) is 0 Å². The normalized spacial score (nSPS) is 14.1. The quantitative estimate of drug-likeness (QED) is 0.0480. The van der Waals surface area contributed by atoms with Crippen LogP contribution in [0.3, 0.4) is 0 Å². The number of carbonyl (C=O) groups is 5. The van der Waals surface area contributed by atoms with Crippen molar-refractivity contribution >= 4 is 35.6 Å². The lowest BCUT2D eigenvalue weighted by molar-refractivity contribution is -0.143. The fourth-order valence-corrected chi connectivity index (χ4v) is 3.26. The van der Waals surface area contributed by atoms with E-state index in [4.69, 9.17) is 28.0 Å². The smallest absolute Gasteiger partial charge is 0.326 e. The van der Waals surface area contributed by atoms with Crippen molar-refractivity contribution in [3.8, 4) is 0 Å². The van der Waals surface area contributed by atoms with E-state index in [9.17, 15) is 29.1 Å². The number of hydrogen-bond acceptors (Lipinski definition) is 8. The molecule has 0 aliphatic heterocycles. The maximum absolute atomic E-state index is 13.1. The third kappa shape index (κ3) is 14.6. The van der Waals surface area contributed by atoms with Gasteiger partial charge < -0.3 is 49.1 Å². The molecule has 4 atom stereocenters. The predicted octanol–water partition coefficient (Wildman–Crippen LogP) is -2.44. The van der Waals surface area contributed by atoms with Crippen LogP contribution in [0.2, 0.25) is 0 Å². The lowest BCUT2D eigenvalue weighted by atomic mass is 10.0. The number of aliphatic carboxylic acids is 2. The molecule has 0 saturated carbocycles. The first-order valence-corrected chi connectivity index (χ1v) is 12.2. The standard InChI is InChI=1S/C22H42N8O7/c1-12(2)17(21(36)37)30-20(35)15(7-5-11-27-22(25)26)29-19(34)14(6-3-4-10-23)28-18(33)13(24)8-9-16(31)32/h12-15,17H,3-11,23-24H2,1-2H3,(H,28,33)(H,29,34)(H,30,35)(H,31,32)(H,36,37)(H4,25,26,27). The maximum atomic E-state index is 13.1. The predicted molar refractivity (Wildman–Crippen MR) is 136 cm³/mol. The second-order valence-corrected chi connectivity index (χ2v) is 8.96. The van der Waals surface area contributed by atoms with Gasteiger partial charge in [0.15, 0.2) is 5.96 Å². The summed E-state index contributed by atoms with van der Waals surface area (Å²) < 4.78 is 0. The number of rotatable bonds is 19. The molecule has 0 aliphatic carbocycles. The number of amides is 3. The maximum Gasteiger partial charge on any atom is 0.326 e. The van der Waals surface area contributed by atoms with Crippen LogP contribution >= 0.6 is 0 Å². The van der Waals surface area contributed by atoms with Crippen molar-refractivity contribution in [1.29, 1.82) is 0 Å². The van der Waals surface area contributed by atoms with E-state index in [1.807, 2.05) is 0 Å². The molecule has 13 N–H and O–H groups in total. The van der Waals surface area contributed by atoms with E-state index in [0.29, 0.717) is 25.8 Å². The van der Waals surface area contributed by atoms with E-state index in [2.05, 4.69) is 20.9 Å². The molecular formula is C22H42N8O7. The molecule has 0 aromatic rings. The van der Waals surface area contributed by atoms with Crippen LogP contribution in [0.1, 0.15) is 58.8 Å². The number of nitrogens with zero attached hydrogens (tertiary/aromatic N) is 1. The summed E-state index contributed by atoms with van der Waals surface area (Å²) in [5, 5.41) is 25.7.